The average molecular weight is 216 g/mol. The Morgan fingerprint density at radius 1 is 0.750 bits per heavy atom. The van der Waals surface area contributed by atoms with Gasteiger partial charge < -0.3 is 0 Å². The lowest BCUT2D eigenvalue weighted by Crippen LogP contribution is -2.20. The highest BCUT2D eigenvalue weighted by Gasteiger charge is 2.27. The molecule has 0 spiro atoms. The van der Waals surface area contributed by atoms with Gasteiger partial charge in [0.05, 0.1) is 0 Å². The number of Topliss-reactive ketones (excluding diaryl/α,β-unsaturated/α-hetero) is 2. The Labute approximate surface area is 96.0 Å². The summed E-state index contributed by atoms with van der Waals surface area (Å²) in [5.41, 5.74) is 2.08. The molecule has 0 aromatic heterocycles. The molecule has 1 rings (SSSR count). The molecule has 1 aliphatic carbocycles. The van der Waals surface area contributed by atoms with Gasteiger partial charge in [0.1, 0.15) is 0 Å². The number of carbonyl (C=O) groups is 2. The third-order valence-corrected chi connectivity index (χ3v) is 2.65. The van der Waals surface area contributed by atoms with Crippen LogP contribution in [-0.4, -0.2) is 11.6 Å². The van der Waals surface area contributed by atoms with Gasteiger partial charge in [0, 0.05) is 22.3 Å². The molecule has 0 bridgehead atoms. The minimum atomic E-state index is -0.0641. The Kier molecular flexibility index (Phi) is 3.78. The topological polar surface area (TPSA) is 34.1 Å². The highest BCUT2D eigenvalue weighted by Crippen LogP contribution is 2.25. The van der Waals surface area contributed by atoms with E-state index in [1.165, 1.54) is 0 Å². The molecule has 0 aromatic rings. The summed E-state index contributed by atoms with van der Waals surface area (Å²) in [5.74, 6) is -0.105. The van der Waals surface area contributed by atoms with Gasteiger partial charge in [-0.1, -0.05) is 24.3 Å². The molecule has 0 fully saturated rings. The van der Waals surface area contributed by atoms with Crippen molar-refractivity contribution in [1.29, 1.82) is 0 Å². The lowest BCUT2D eigenvalue weighted by Gasteiger charge is -2.16. The third-order valence-electron chi connectivity index (χ3n) is 2.65. The first-order valence-corrected chi connectivity index (χ1v) is 5.31. The number of rotatable bonds is 2. The summed E-state index contributed by atoms with van der Waals surface area (Å²) in [7, 11) is 0. The number of ketones is 2. The van der Waals surface area contributed by atoms with Crippen molar-refractivity contribution in [3.63, 3.8) is 0 Å². The molecule has 0 aliphatic heterocycles. The molecule has 0 aromatic carbocycles. The van der Waals surface area contributed by atoms with Crippen molar-refractivity contribution < 1.29 is 9.59 Å². The van der Waals surface area contributed by atoms with E-state index < -0.39 is 0 Å². The van der Waals surface area contributed by atoms with Crippen LogP contribution in [0.2, 0.25) is 0 Å². The van der Waals surface area contributed by atoms with Crippen molar-refractivity contribution in [3.8, 4) is 0 Å². The van der Waals surface area contributed by atoms with Crippen molar-refractivity contribution in [1.82, 2.24) is 0 Å². The summed E-state index contributed by atoms with van der Waals surface area (Å²) in [5, 5.41) is 0. The maximum Gasteiger partial charge on any atom is 0.193 e. The molecule has 0 heterocycles. The molecule has 0 saturated carbocycles. The Morgan fingerprint density at radius 3 is 1.44 bits per heavy atom. The van der Waals surface area contributed by atoms with Gasteiger partial charge in [0.2, 0.25) is 0 Å². The summed E-state index contributed by atoms with van der Waals surface area (Å²) in [6.45, 7) is 7.06. The summed E-state index contributed by atoms with van der Waals surface area (Å²) < 4.78 is 0. The van der Waals surface area contributed by atoms with Crippen LogP contribution in [0.15, 0.2) is 46.6 Å². The fourth-order valence-electron chi connectivity index (χ4n) is 1.75. The van der Waals surface area contributed by atoms with Gasteiger partial charge in [0.25, 0.3) is 0 Å². The van der Waals surface area contributed by atoms with E-state index in [9.17, 15) is 9.59 Å². The van der Waals surface area contributed by atoms with Gasteiger partial charge in [-0.3, -0.25) is 9.59 Å². The summed E-state index contributed by atoms with van der Waals surface area (Å²) >= 11 is 0. The van der Waals surface area contributed by atoms with Gasteiger partial charge in [-0.05, 0) is 27.7 Å². The van der Waals surface area contributed by atoms with Crippen molar-refractivity contribution in [2.24, 2.45) is 0 Å². The van der Waals surface area contributed by atoms with Crippen LogP contribution in [-0.2, 0) is 9.59 Å². The number of hydrogen-bond acceptors (Lipinski definition) is 2. The fraction of sp³-hybridized carbons (Fsp3) is 0.286. The van der Waals surface area contributed by atoms with Crippen LogP contribution in [0.25, 0.3) is 0 Å². The quantitative estimate of drug-likeness (QED) is 0.665. The molecule has 0 radical (unpaired) electrons. The molecule has 1 aliphatic rings. The zero-order valence-corrected chi connectivity index (χ0v) is 10.1. The van der Waals surface area contributed by atoms with E-state index in [1.807, 2.05) is 13.8 Å². The van der Waals surface area contributed by atoms with E-state index in [-0.39, 0.29) is 11.6 Å². The zero-order valence-electron chi connectivity index (χ0n) is 10.1. The van der Waals surface area contributed by atoms with E-state index in [0.29, 0.717) is 22.3 Å². The monoisotopic (exact) mass is 216 g/mol. The molecule has 0 amide bonds. The molecule has 0 N–H and O–H groups in total. The first-order chi connectivity index (χ1) is 7.54. The first-order valence-electron chi connectivity index (χ1n) is 5.31. The van der Waals surface area contributed by atoms with Gasteiger partial charge in [-0.25, -0.2) is 0 Å². The van der Waals surface area contributed by atoms with E-state index in [0.717, 1.165) is 0 Å². The van der Waals surface area contributed by atoms with Crippen LogP contribution in [0.3, 0.4) is 0 Å². The van der Waals surface area contributed by atoms with Crippen LogP contribution < -0.4 is 0 Å². The van der Waals surface area contributed by atoms with Crippen LogP contribution in [0, 0.1) is 0 Å². The van der Waals surface area contributed by atoms with Crippen LogP contribution in [0.1, 0.15) is 27.7 Å². The predicted molar refractivity (Wildman–Crippen MR) is 65.0 cm³/mol. The van der Waals surface area contributed by atoms with Crippen LogP contribution in [0.4, 0.5) is 0 Å². The maximum absolute atomic E-state index is 12.1. The second-order valence-electron chi connectivity index (χ2n) is 3.74. The highest BCUT2D eigenvalue weighted by atomic mass is 16.1. The third kappa shape index (κ3) is 1.96. The average Bonchev–Trinajstić information content (AvgIpc) is 2.28. The number of hydrogen-bond donors (Lipinski definition) is 0. The summed E-state index contributed by atoms with van der Waals surface area (Å²) in [4.78, 5) is 24.0. The molecule has 0 unspecified atom stereocenters. The molecule has 0 saturated heterocycles. The first kappa shape index (κ1) is 12.4. The summed E-state index contributed by atoms with van der Waals surface area (Å²) in [6.07, 6.45) is 6.95. The smallest absolute Gasteiger partial charge is 0.193 e. The number of carbonyl (C=O) groups excluding carboxylic acids is 2. The molecule has 2 heteroatoms. The minimum absolute atomic E-state index is 0.0409. The molecule has 16 heavy (non-hydrogen) atoms. The molecule has 2 nitrogen and oxygen atoms in total. The second-order valence-corrected chi connectivity index (χ2v) is 3.74. The van der Waals surface area contributed by atoms with Crippen molar-refractivity contribution in [3.05, 3.63) is 46.6 Å². The lowest BCUT2D eigenvalue weighted by atomic mass is 9.85. The molecular weight excluding hydrogens is 200 g/mol. The standard InChI is InChI=1S/C14H16O2/c1-5-7-11-9(3)13(15)10(4)12(8-6-2)14(11)16/h5-8H,1-4H3/b7-5-,8-6-. The van der Waals surface area contributed by atoms with Gasteiger partial charge in [-0.15, -0.1) is 0 Å². The Morgan fingerprint density at radius 2 is 1.12 bits per heavy atom. The van der Waals surface area contributed by atoms with E-state index >= 15 is 0 Å². The SMILES string of the molecule is C/C=C\C1=C(C)C(=O)C(C)=C(/C=C\C)C1=O. The van der Waals surface area contributed by atoms with Crippen LogP contribution >= 0.6 is 0 Å². The Bertz CT molecular complexity index is 417. The minimum Gasteiger partial charge on any atom is -0.289 e. The largest absolute Gasteiger partial charge is 0.289 e. The second kappa shape index (κ2) is 4.88. The van der Waals surface area contributed by atoms with Crippen molar-refractivity contribution in [2.75, 3.05) is 0 Å². The zero-order chi connectivity index (χ0) is 12.3. The predicted octanol–water partition coefficient (Wildman–Crippen LogP) is 2.92. The van der Waals surface area contributed by atoms with Gasteiger partial charge >= 0.3 is 0 Å². The van der Waals surface area contributed by atoms with Crippen LogP contribution in [0.5, 0.6) is 0 Å². The normalized spacial score (nSPS) is 18.5. The van der Waals surface area contributed by atoms with Gasteiger partial charge in [0.15, 0.2) is 11.6 Å². The molecule has 84 valence electrons. The van der Waals surface area contributed by atoms with Gasteiger partial charge in [-0.2, -0.15) is 0 Å². The fourth-order valence-corrected chi connectivity index (χ4v) is 1.75. The van der Waals surface area contributed by atoms with E-state index in [1.54, 1.807) is 38.2 Å². The number of allylic oxidation sites excluding steroid dienone is 8. The van der Waals surface area contributed by atoms with Crippen molar-refractivity contribution >= 4 is 11.6 Å². The Balaban J connectivity index is 3.38. The highest BCUT2D eigenvalue weighted by molar-refractivity contribution is 6.26. The lowest BCUT2D eigenvalue weighted by molar-refractivity contribution is -0.116. The maximum atomic E-state index is 12.1. The van der Waals surface area contributed by atoms with E-state index in [2.05, 4.69) is 0 Å². The summed E-state index contributed by atoms with van der Waals surface area (Å²) in [6, 6.07) is 0. The molecular formula is C14H16O2. The molecule has 0 atom stereocenters. The van der Waals surface area contributed by atoms with Crippen molar-refractivity contribution in [2.45, 2.75) is 27.7 Å². The van der Waals surface area contributed by atoms with E-state index in [4.69, 9.17) is 0 Å². The Hall–Kier alpha value is -1.70.